The molecule has 1 aromatic rings. The number of amides is 1. The Hall–Kier alpha value is -1.56. The Morgan fingerprint density at radius 2 is 2.26 bits per heavy atom. The molecule has 1 aliphatic heterocycles. The van der Waals surface area contributed by atoms with Gasteiger partial charge in [-0.3, -0.25) is 4.68 Å². The maximum Gasteiger partial charge on any atom is 0.410 e. The van der Waals surface area contributed by atoms with E-state index in [-0.39, 0.29) is 18.2 Å². The van der Waals surface area contributed by atoms with Gasteiger partial charge in [0.25, 0.3) is 0 Å². The Morgan fingerprint density at radius 3 is 2.84 bits per heavy atom. The Kier molecular flexibility index (Phi) is 3.80. The molecule has 2 N–H and O–H groups in total. The summed E-state index contributed by atoms with van der Waals surface area (Å²) in [5, 5.41) is 4.17. The molecule has 0 radical (unpaired) electrons. The van der Waals surface area contributed by atoms with Crippen LogP contribution < -0.4 is 5.73 Å². The van der Waals surface area contributed by atoms with Crippen molar-refractivity contribution < 1.29 is 9.53 Å². The van der Waals surface area contributed by atoms with E-state index >= 15 is 0 Å². The van der Waals surface area contributed by atoms with Crippen molar-refractivity contribution in [1.82, 2.24) is 14.7 Å². The third-order valence-electron chi connectivity index (χ3n) is 3.03. The monoisotopic (exact) mass is 266 g/mol. The minimum absolute atomic E-state index is 0.00748. The molecule has 0 bridgehead atoms. The molecule has 2 rings (SSSR count). The van der Waals surface area contributed by atoms with Gasteiger partial charge in [0, 0.05) is 25.0 Å². The highest BCUT2D eigenvalue weighted by molar-refractivity contribution is 5.69. The van der Waals surface area contributed by atoms with Crippen LogP contribution in [-0.2, 0) is 11.3 Å². The molecule has 6 nitrogen and oxygen atoms in total. The van der Waals surface area contributed by atoms with Crippen molar-refractivity contribution >= 4 is 6.09 Å². The normalized spacial score (nSPS) is 23.7. The number of aromatic nitrogens is 2. The highest BCUT2D eigenvalue weighted by atomic mass is 16.6. The highest BCUT2D eigenvalue weighted by Gasteiger charge is 2.36. The van der Waals surface area contributed by atoms with Crippen LogP contribution in [0.15, 0.2) is 18.5 Å². The summed E-state index contributed by atoms with van der Waals surface area (Å²) in [4.78, 5) is 13.9. The van der Waals surface area contributed by atoms with Gasteiger partial charge in [0.1, 0.15) is 5.60 Å². The first-order valence-electron chi connectivity index (χ1n) is 6.58. The Morgan fingerprint density at radius 1 is 1.53 bits per heavy atom. The van der Waals surface area contributed by atoms with Crippen molar-refractivity contribution in [1.29, 1.82) is 0 Å². The smallest absolute Gasteiger partial charge is 0.410 e. The van der Waals surface area contributed by atoms with Crippen molar-refractivity contribution in [2.75, 3.05) is 6.54 Å². The quantitative estimate of drug-likeness (QED) is 0.873. The number of hydrogen-bond donors (Lipinski definition) is 1. The standard InChI is InChI=1S/C13H22N4O2/c1-13(2,3)19-12(18)17-8-10(14)7-11(17)9-16-6-4-5-15-16/h4-6,10-11H,7-9,14H2,1-3H3. The van der Waals surface area contributed by atoms with Crippen LogP contribution in [0, 0.1) is 0 Å². The second kappa shape index (κ2) is 5.21. The number of nitrogens with two attached hydrogens (primary N) is 1. The fraction of sp³-hybridized carbons (Fsp3) is 0.692. The lowest BCUT2D eigenvalue weighted by Crippen LogP contribution is -2.42. The van der Waals surface area contributed by atoms with Gasteiger partial charge >= 0.3 is 6.09 Å². The van der Waals surface area contributed by atoms with Crippen LogP contribution in [0.2, 0.25) is 0 Å². The summed E-state index contributed by atoms with van der Waals surface area (Å²) in [7, 11) is 0. The van der Waals surface area contributed by atoms with Crippen molar-refractivity contribution in [3.63, 3.8) is 0 Å². The van der Waals surface area contributed by atoms with Crippen LogP contribution in [0.1, 0.15) is 27.2 Å². The number of ether oxygens (including phenoxy) is 1. The molecule has 0 saturated carbocycles. The van der Waals surface area contributed by atoms with Gasteiger partial charge in [0.15, 0.2) is 0 Å². The predicted molar refractivity (Wildman–Crippen MR) is 71.5 cm³/mol. The molecule has 1 aliphatic rings. The molecule has 0 aromatic carbocycles. The molecule has 19 heavy (non-hydrogen) atoms. The zero-order chi connectivity index (χ0) is 14.0. The zero-order valence-electron chi connectivity index (χ0n) is 11.7. The summed E-state index contributed by atoms with van der Waals surface area (Å²) in [6.07, 6.45) is 4.10. The molecular weight excluding hydrogens is 244 g/mol. The number of carbonyl (C=O) groups is 1. The highest BCUT2D eigenvalue weighted by Crippen LogP contribution is 2.21. The SMILES string of the molecule is CC(C)(C)OC(=O)N1CC(N)CC1Cn1cccn1. The van der Waals surface area contributed by atoms with Crippen LogP contribution in [0.5, 0.6) is 0 Å². The second-order valence-corrected chi connectivity index (χ2v) is 6.01. The van der Waals surface area contributed by atoms with Gasteiger partial charge in [0.2, 0.25) is 0 Å². The van der Waals surface area contributed by atoms with E-state index in [0.717, 1.165) is 6.42 Å². The Balaban J connectivity index is 2.03. The van der Waals surface area contributed by atoms with E-state index in [1.54, 1.807) is 11.1 Å². The van der Waals surface area contributed by atoms with E-state index in [0.29, 0.717) is 13.1 Å². The molecule has 6 heteroatoms. The molecule has 1 fully saturated rings. The lowest BCUT2D eigenvalue weighted by atomic mass is 10.2. The van der Waals surface area contributed by atoms with E-state index in [4.69, 9.17) is 10.5 Å². The molecule has 1 aromatic heterocycles. The van der Waals surface area contributed by atoms with Crippen molar-refractivity contribution in [2.24, 2.45) is 5.73 Å². The fourth-order valence-electron chi connectivity index (χ4n) is 2.29. The van der Waals surface area contributed by atoms with Crippen molar-refractivity contribution in [3.05, 3.63) is 18.5 Å². The average Bonchev–Trinajstić information content (AvgIpc) is 2.86. The third-order valence-corrected chi connectivity index (χ3v) is 3.03. The lowest BCUT2D eigenvalue weighted by molar-refractivity contribution is 0.0210. The molecular formula is C13H22N4O2. The molecule has 1 saturated heterocycles. The number of likely N-dealkylation sites (tertiary alicyclic amines) is 1. The van der Waals surface area contributed by atoms with E-state index in [1.165, 1.54) is 0 Å². The van der Waals surface area contributed by atoms with Gasteiger partial charge in [-0.15, -0.1) is 0 Å². The van der Waals surface area contributed by atoms with Gasteiger partial charge < -0.3 is 15.4 Å². The van der Waals surface area contributed by atoms with E-state index < -0.39 is 5.60 Å². The van der Waals surface area contributed by atoms with Crippen LogP contribution in [0.25, 0.3) is 0 Å². The number of carbonyl (C=O) groups excluding carboxylic acids is 1. The van der Waals surface area contributed by atoms with Crippen LogP contribution >= 0.6 is 0 Å². The van der Waals surface area contributed by atoms with Gasteiger partial charge in [-0.25, -0.2) is 4.79 Å². The van der Waals surface area contributed by atoms with Crippen molar-refractivity contribution in [3.8, 4) is 0 Å². The van der Waals surface area contributed by atoms with Crippen LogP contribution in [-0.4, -0.2) is 45.0 Å². The maximum atomic E-state index is 12.2. The first kappa shape index (κ1) is 13.9. The Labute approximate surface area is 113 Å². The van der Waals surface area contributed by atoms with E-state index in [1.807, 2.05) is 37.7 Å². The summed E-state index contributed by atoms with van der Waals surface area (Å²) in [6, 6.07) is 1.92. The number of hydrogen-bond acceptors (Lipinski definition) is 4. The van der Waals surface area contributed by atoms with Gasteiger partial charge in [-0.1, -0.05) is 0 Å². The predicted octanol–water partition coefficient (Wildman–Crippen LogP) is 1.22. The molecule has 2 unspecified atom stereocenters. The summed E-state index contributed by atoms with van der Waals surface area (Å²) in [5.41, 5.74) is 5.48. The van der Waals surface area contributed by atoms with Gasteiger partial charge in [0.05, 0.1) is 12.6 Å². The number of nitrogens with zero attached hydrogens (tertiary/aromatic N) is 3. The van der Waals surface area contributed by atoms with Crippen LogP contribution in [0.4, 0.5) is 4.79 Å². The number of rotatable bonds is 2. The maximum absolute atomic E-state index is 12.2. The first-order chi connectivity index (χ1) is 8.85. The van der Waals surface area contributed by atoms with Gasteiger partial charge in [-0.05, 0) is 33.3 Å². The summed E-state index contributed by atoms with van der Waals surface area (Å²) in [6.45, 7) is 6.79. The summed E-state index contributed by atoms with van der Waals surface area (Å²) >= 11 is 0. The van der Waals surface area contributed by atoms with E-state index in [2.05, 4.69) is 5.10 Å². The molecule has 1 amide bonds. The van der Waals surface area contributed by atoms with Crippen LogP contribution in [0.3, 0.4) is 0 Å². The molecule has 0 spiro atoms. The zero-order valence-corrected chi connectivity index (χ0v) is 11.7. The Bertz CT molecular complexity index is 424. The lowest BCUT2D eigenvalue weighted by Gasteiger charge is -2.28. The molecule has 2 heterocycles. The topological polar surface area (TPSA) is 73.4 Å². The average molecular weight is 266 g/mol. The van der Waals surface area contributed by atoms with Crippen molar-refractivity contribution in [2.45, 2.75) is 51.4 Å². The van der Waals surface area contributed by atoms with Gasteiger partial charge in [-0.2, -0.15) is 5.10 Å². The minimum Gasteiger partial charge on any atom is -0.444 e. The first-order valence-corrected chi connectivity index (χ1v) is 6.58. The minimum atomic E-state index is -0.486. The largest absolute Gasteiger partial charge is 0.444 e. The summed E-state index contributed by atoms with van der Waals surface area (Å²) in [5.74, 6) is 0. The van der Waals surface area contributed by atoms with E-state index in [9.17, 15) is 4.79 Å². The third kappa shape index (κ3) is 3.70. The second-order valence-electron chi connectivity index (χ2n) is 6.01. The summed E-state index contributed by atoms with van der Waals surface area (Å²) < 4.78 is 7.24. The molecule has 0 aliphatic carbocycles. The fourth-order valence-corrected chi connectivity index (χ4v) is 2.29. The molecule has 2 atom stereocenters. The molecule has 106 valence electrons.